The summed E-state index contributed by atoms with van der Waals surface area (Å²) in [6.07, 6.45) is -0.477. The molecule has 21 heavy (non-hydrogen) atoms. The zero-order valence-corrected chi connectivity index (χ0v) is 12.2. The highest BCUT2D eigenvalue weighted by Crippen LogP contribution is 2.00. The lowest BCUT2D eigenvalue weighted by Gasteiger charge is -2.08. The number of alkyl carbamates (subject to hydrolysis) is 1. The van der Waals surface area contributed by atoms with E-state index in [0.29, 0.717) is 26.4 Å². The third-order valence-electron chi connectivity index (χ3n) is 2.41. The van der Waals surface area contributed by atoms with E-state index in [2.05, 4.69) is 5.32 Å². The van der Waals surface area contributed by atoms with Gasteiger partial charge in [-0.15, -0.1) is 0 Å². The molecule has 116 valence electrons. The first-order chi connectivity index (χ1) is 10.2. The average Bonchev–Trinajstić information content (AvgIpc) is 2.48. The van der Waals surface area contributed by atoms with E-state index < -0.39 is 6.09 Å². The summed E-state index contributed by atoms with van der Waals surface area (Å²) in [5, 5.41) is 2.58. The Hall–Kier alpha value is -1.92. The molecule has 1 aromatic rings. The van der Waals surface area contributed by atoms with Crippen LogP contribution in [0, 0.1) is 0 Å². The standard InChI is InChI=1S/C15H21NO5/c1-13(17)11-20-10-9-19-8-7-16-15(18)21-12-14-5-3-2-4-6-14/h2-6H,7-12H2,1H3,(H,16,18). The van der Waals surface area contributed by atoms with Gasteiger partial charge in [-0.25, -0.2) is 4.79 Å². The Labute approximate surface area is 124 Å². The van der Waals surface area contributed by atoms with Crippen LogP contribution < -0.4 is 5.32 Å². The van der Waals surface area contributed by atoms with Gasteiger partial charge in [0, 0.05) is 6.54 Å². The Bertz CT molecular complexity index is 421. The minimum Gasteiger partial charge on any atom is -0.445 e. The molecule has 6 heteroatoms. The van der Waals surface area contributed by atoms with E-state index in [1.165, 1.54) is 6.92 Å². The normalized spacial score (nSPS) is 10.1. The van der Waals surface area contributed by atoms with Gasteiger partial charge in [-0.05, 0) is 12.5 Å². The largest absolute Gasteiger partial charge is 0.445 e. The van der Waals surface area contributed by atoms with Gasteiger partial charge in [-0.2, -0.15) is 0 Å². The van der Waals surface area contributed by atoms with Gasteiger partial charge in [-0.3, -0.25) is 4.79 Å². The maximum Gasteiger partial charge on any atom is 0.407 e. The van der Waals surface area contributed by atoms with Crippen molar-refractivity contribution in [2.45, 2.75) is 13.5 Å². The number of ketones is 1. The number of carbonyl (C=O) groups excluding carboxylic acids is 2. The Balaban J connectivity index is 1.93. The third kappa shape index (κ3) is 9.59. The molecule has 0 aliphatic rings. The lowest BCUT2D eigenvalue weighted by Crippen LogP contribution is -2.28. The molecule has 0 saturated heterocycles. The predicted octanol–water partition coefficient (Wildman–Crippen LogP) is 1.53. The highest BCUT2D eigenvalue weighted by Gasteiger charge is 2.01. The minimum atomic E-state index is -0.477. The fraction of sp³-hybridized carbons (Fsp3) is 0.467. The summed E-state index contributed by atoms with van der Waals surface area (Å²) in [6.45, 7) is 3.28. The summed E-state index contributed by atoms with van der Waals surface area (Å²) in [4.78, 5) is 22.0. The van der Waals surface area contributed by atoms with E-state index in [0.717, 1.165) is 5.56 Å². The van der Waals surface area contributed by atoms with Crippen LogP contribution in [-0.4, -0.2) is 44.8 Å². The van der Waals surface area contributed by atoms with Gasteiger partial charge in [0.25, 0.3) is 0 Å². The molecular formula is C15H21NO5. The molecule has 0 aromatic heterocycles. The Kier molecular flexibility index (Phi) is 8.83. The second-order valence-corrected chi connectivity index (χ2v) is 4.36. The van der Waals surface area contributed by atoms with Gasteiger partial charge in [-0.1, -0.05) is 30.3 Å². The topological polar surface area (TPSA) is 73.9 Å². The van der Waals surface area contributed by atoms with Crippen molar-refractivity contribution in [3.8, 4) is 0 Å². The van der Waals surface area contributed by atoms with Crippen molar-refractivity contribution in [1.82, 2.24) is 5.32 Å². The molecule has 0 atom stereocenters. The SMILES string of the molecule is CC(=O)COCCOCCNC(=O)OCc1ccccc1. The molecule has 1 rings (SSSR count). The Morgan fingerprint density at radius 3 is 2.48 bits per heavy atom. The number of benzene rings is 1. The molecular weight excluding hydrogens is 274 g/mol. The zero-order chi connectivity index (χ0) is 15.3. The van der Waals surface area contributed by atoms with Gasteiger partial charge >= 0.3 is 6.09 Å². The zero-order valence-electron chi connectivity index (χ0n) is 12.2. The molecule has 0 spiro atoms. The first kappa shape index (κ1) is 17.1. The Morgan fingerprint density at radius 1 is 1.05 bits per heavy atom. The van der Waals surface area contributed by atoms with Crippen LogP contribution in [0.2, 0.25) is 0 Å². The smallest absolute Gasteiger partial charge is 0.407 e. The number of carbonyl (C=O) groups is 2. The lowest BCUT2D eigenvalue weighted by molar-refractivity contribution is -0.121. The van der Waals surface area contributed by atoms with E-state index >= 15 is 0 Å². The van der Waals surface area contributed by atoms with Crippen LogP contribution in [0.3, 0.4) is 0 Å². The maximum absolute atomic E-state index is 11.4. The molecule has 1 aromatic carbocycles. The highest BCUT2D eigenvalue weighted by atomic mass is 16.5. The van der Waals surface area contributed by atoms with Gasteiger partial charge in [0.1, 0.15) is 13.2 Å². The number of rotatable bonds is 10. The van der Waals surface area contributed by atoms with Crippen LogP contribution >= 0.6 is 0 Å². The summed E-state index contributed by atoms with van der Waals surface area (Å²) < 4.78 is 15.3. The second kappa shape index (κ2) is 10.8. The van der Waals surface area contributed by atoms with Crippen LogP contribution in [0.1, 0.15) is 12.5 Å². The van der Waals surface area contributed by atoms with E-state index in [1.54, 1.807) is 0 Å². The molecule has 1 N–H and O–H groups in total. The number of amides is 1. The second-order valence-electron chi connectivity index (χ2n) is 4.36. The summed E-state index contributed by atoms with van der Waals surface area (Å²) in [6, 6.07) is 9.45. The van der Waals surface area contributed by atoms with Crippen molar-refractivity contribution in [3.05, 3.63) is 35.9 Å². The van der Waals surface area contributed by atoms with Gasteiger partial charge in [0.15, 0.2) is 5.78 Å². The predicted molar refractivity (Wildman–Crippen MR) is 76.9 cm³/mol. The van der Waals surface area contributed by atoms with Crippen molar-refractivity contribution < 1.29 is 23.8 Å². The van der Waals surface area contributed by atoms with Crippen LogP contribution in [0.5, 0.6) is 0 Å². The molecule has 1 amide bonds. The summed E-state index contributed by atoms with van der Waals surface area (Å²) in [5.74, 6) is -0.0159. The van der Waals surface area contributed by atoms with Crippen molar-refractivity contribution in [1.29, 1.82) is 0 Å². The average molecular weight is 295 g/mol. The third-order valence-corrected chi connectivity index (χ3v) is 2.41. The number of nitrogens with one attached hydrogen (secondary N) is 1. The number of hydrogen-bond donors (Lipinski definition) is 1. The lowest BCUT2D eigenvalue weighted by atomic mass is 10.2. The van der Waals surface area contributed by atoms with Crippen LogP contribution in [0.25, 0.3) is 0 Å². The molecule has 0 aliphatic carbocycles. The minimum absolute atomic E-state index is 0.0159. The van der Waals surface area contributed by atoms with E-state index in [-0.39, 0.29) is 19.0 Å². The molecule has 0 aliphatic heterocycles. The fourth-order valence-corrected chi connectivity index (χ4v) is 1.44. The Morgan fingerprint density at radius 2 is 1.76 bits per heavy atom. The highest BCUT2D eigenvalue weighted by molar-refractivity contribution is 5.76. The van der Waals surface area contributed by atoms with Crippen LogP contribution in [0.4, 0.5) is 4.79 Å². The van der Waals surface area contributed by atoms with Crippen LogP contribution in [0.15, 0.2) is 30.3 Å². The number of Topliss-reactive ketones (excluding diaryl/α,β-unsaturated/α-hetero) is 1. The molecule has 0 fully saturated rings. The quantitative estimate of drug-likeness (QED) is 0.663. The van der Waals surface area contributed by atoms with Crippen molar-refractivity contribution in [2.75, 3.05) is 33.0 Å². The van der Waals surface area contributed by atoms with Crippen LogP contribution in [-0.2, 0) is 25.6 Å². The maximum atomic E-state index is 11.4. The first-order valence-corrected chi connectivity index (χ1v) is 6.78. The summed E-state index contributed by atoms with van der Waals surface area (Å²) >= 11 is 0. The molecule has 6 nitrogen and oxygen atoms in total. The van der Waals surface area contributed by atoms with Crippen molar-refractivity contribution in [2.24, 2.45) is 0 Å². The first-order valence-electron chi connectivity index (χ1n) is 6.78. The molecule has 0 radical (unpaired) electrons. The molecule has 0 saturated carbocycles. The van der Waals surface area contributed by atoms with Crippen molar-refractivity contribution in [3.63, 3.8) is 0 Å². The summed E-state index contributed by atoms with van der Waals surface area (Å²) in [7, 11) is 0. The van der Waals surface area contributed by atoms with Gasteiger partial charge in [0.05, 0.1) is 19.8 Å². The van der Waals surface area contributed by atoms with Gasteiger partial charge in [0.2, 0.25) is 0 Å². The van der Waals surface area contributed by atoms with E-state index in [1.807, 2.05) is 30.3 Å². The van der Waals surface area contributed by atoms with E-state index in [4.69, 9.17) is 14.2 Å². The van der Waals surface area contributed by atoms with Gasteiger partial charge < -0.3 is 19.5 Å². The summed E-state index contributed by atoms with van der Waals surface area (Å²) in [5.41, 5.74) is 0.937. The number of ether oxygens (including phenoxy) is 3. The monoisotopic (exact) mass is 295 g/mol. The molecule has 0 bridgehead atoms. The number of hydrogen-bond acceptors (Lipinski definition) is 5. The van der Waals surface area contributed by atoms with Crippen molar-refractivity contribution >= 4 is 11.9 Å². The fourth-order valence-electron chi connectivity index (χ4n) is 1.44. The van der Waals surface area contributed by atoms with E-state index in [9.17, 15) is 9.59 Å². The molecule has 0 unspecified atom stereocenters. The molecule has 0 heterocycles.